The maximum atomic E-state index is 13.6. The Hall–Kier alpha value is -1.74. The van der Waals surface area contributed by atoms with Crippen molar-refractivity contribution in [2.45, 2.75) is 26.8 Å². The van der Waals surface area contributed by atoms with E-state index in [0.717, 1.165) is 16.7 Å². The normalized spacial score (nSPS) is 12.5. The van der Waals surface area contributed by atoms with Crippen LogP contribution in [-0.2, 0) is 0 Å². The molecule has 0 aliphatic carbocycles. The molecule has 1 nitrogen and oxygen atoms in total. The molecule has 0 spiro atoms. The monoisotopic (exact) mass is 261 g/mol. The molecule has 3 heteroatoms. The summed E-state index contributed by atoms with van der Waals surface area (Å²) < 4.78 is 26.7. The lowest BCUT2D eigenvalue weighted by molar-refractivity contribution is 0.607. The molecule has 0 amide bonds. The fourth-order valence-electron chi connectivity index (χ4n) is 2.33. The molecule has 0 heterocycles. The van der Waals surface area contributed by atoms with E-state index in [1.54, 1.807) is 32.0 Å². The Morgan fingerprint density at radius 2 is 1.47 bits per heavy atom. The fraction of sp³-hybridized carbons (Fsp3) is 0.250. The summed E-state index contributed by atoms with van der Waals surface area (Å²) in [4.78, 5) is 0. The molecule has 0 saturated heterocycles. The molecule has 2 N–H and O–H groups in total. The first-order chi connectivity index (χ1) is 8.90. The molecule has 0 aliphatic rings. The minimum Gasteiger partial charge on any atom is -0.320 e. The summed E-state index contributed by atoms with van der Waals surface area (Å²) in [6.45, 7) is 5.26. The molecule has 0 radical (unpaired) electrons. The number of nitrogens with two attached hydrogens (primary N) is 1. The molecule has 0 aliphatic heterocycles. The van der Waals surface area contributed by atoms with Crippen molar-refractivity contribution in [3.05, 3.63) is 69.8 Å². The van der Waals surface area contributed by atoms with Crippen molar-refractivity contribution in [3.63, 3.8) is 0 Å². The standard InChI is InChI=1S/C16H17F2N/c1-9-8-13(17)4-5-14(9)16(19)12-6-10(2)15(18)11(3)7-12/h4-8,16H,19H2,1-3H3. The number of aryl methyl sites for hydroxylation is 3. The van der Waals surface area contributed by atoms with Gasteiger partial charge in [-0.05, 0) is 60.7 Å². The summed E-state index contributed by atoms with van der Waals surface area (Å²) in [6, 6.07) is 7.65. The molecule has 1 atom stereocenters. The summed E-state index contributed by atoms with van der Waals surface area (Å²) >= 11 is 0. The van der Waals surface area contributed by atoms with Crippen LogP contribution in [0.4, 0.5) is 8.78 Å². The Bertz CT molecular complexity index is 597. The third-order valence-corrected chi connectivity index (χ3v) is 3.38. The first-order valence-corrected chi connectivity index (χ1v) is 6.18. The smallest absolute Gasteiger partial charge is 0.129 e. The molecule has 0 bridgehead atoms. The lowest BCUT2D eigenvalue weighted by Gasteiger charge is -2.17. The van der Waals surface area contributed by atoms with E-state index in [1.165, 1.54) is 12.1 Å². The Kier molecular flexibility index (Phi) is 3.67. The summed E-state index contributed by atoms with van der Waals surface area (Å²) in [5.74, 6) is -0.480. The van der Waals surface area contributed by atoms with Gasteiger partial charge in [0.15, 0.2) is 0 Å². The van der Waals surface area contributed by atoms with Gasteiger partial charge in [0.25, 0.3) is 0 Å². The van der Waals surface area contributed by atoms with Crippen LogP contribution in [-0.4, -0.2) is 0 Å². The second-order valence-electron chi connectivity index (χ2n) is 4.95. The molecular formula is C16H17F2N. The second-order valence-corrected chi connectivity index (χ2v) is 4.95. The Morgan fingerprint density at radius 1 is 0.895 bits per heavy atom. The second kappa shape index (κ2) is 5.10. The number of benzene rings is 2. The topological polar surface area (TPSA) is 26.0 Å². The largest absolute Gasteiger partial charge is 0.320 e. The van der Waals surface area contributed by atoms with Crippen LogP contribution in [0, 0.1) is 32.4 Å². The lowest BCUT2D eigenvalue weighted by Crippen LogP contribution is -2.14. The van der Waals surface area contributed by atoms with Gasteiger partial charge in [-0.2, -0.15) is 0 Å². The molecule has 19 heavy (non-hydrogen) atoms. The van der Waals surface area contributed by atoms with Gasteiger partial charge in [0, 0.05) is 0 Å². The van der Waals surface area contributed by atoms with Crippen molar-refractivity contribution in [2.24, 2.45) is 5.73 Å². The van der Waals surface area contributed by atoms with Gasteiger partial charge in [-0.25, -0.2) is 8.78 Å². The van der Waals surface area contributed by atoms with E-state index in [0.29, 0.717) is 11.1 Å². The summed E-state index contributed by atoms with van der Waals surface area (Å²) in [5.41, 5.74) is 9.85. The van der Waals surface area contributed by atoms with Crippen molar-refractivity contribution < 1.29 is 8.78 Å². The van der Waals surface area contributed by atoms with E-state index in [4.69, 9.17) is 5.73 Å². The van der Waals surface area contributed by atoms with E-state index in [-0.39, 0.29) is 17.7 Å². The Morgan fingerprint density at radius 3 is 2.00 bits per heavy atom. The Balaban J connectivity index is 2.47. The average Bonchev–Trinajstić information content (AvgIpc) is 2.34. The lowest BCUT2D eigenvalue weighted by atomic mass is 9.93. The molecule has 100 valence electrons. The highest BCUT2D eigenvalue weighted by molar-refractivity contribution is 5.40. The molecule has 2 aromatic carbocycles. The fourth-order valence-corrected chi connectivity index (χ4v) is 2.33. The van der Waals surface area contributed by atoms with Gasteiger partial charge in [0.1, 0.15) is 11.6 Å². The molecule has 0 saturated carbocycles. The molecule has 0 aromatic heterocycles. The third-order valence-electron chi connectivity index (χ3n) is 3.38. The highest BCUT2D eigenvalue weighted by atomic mass is 19.1. The van der Waals surface area contributed by atoms with Crippen molar-refractivity contribution in [3.8, 4) is 0 Å². The Labute approximate surface area is 112 Å². The quantitative estimate of drug-likeness (QED) is 0.870. The number of hydrogen-bond acceptors (Lipinski definition) is 1. The van der Waals surface area contributed by atoms with Crippen LogP contribution < -0.4 is 5.73 Å². The van der Waals surface area contributed by atoms with Crippen LogP contribution >= 0.6 is 0 Å². The van der Waals surface area contributed by atoms with Crippen molar-refractivity contribution in [1.82, 2.24) is 0 Å². The van der Waals surface area contributed by atoms with E-state index in [2.05, 4.69) is 0 Å². The zero-order valence-corrected chi connectivity index (χ0v) is 11.3. The third kappa shape index (κ3) is 2.66. The van der Waals surface area contributed by atoms with Crippen LogP contribution in [0.3, 0.4) is 0 Å². The highest BCUT2D eigenvalue weighted by Gasteiger charge is 2.14. The maximum absolute atomic E-state index is 13.6. The maximum Gasteiger partial charge on any atom is 0.129 e. The van der Waals surface area contributed by atoms with Gasteiger partial charge in [-0.15, -0.1) is 0 Å². The van der Waals surface area contributed by atoms with Gasteiger partial charge in [0.05, 0.1) is 6.04 Å². The molecule has 1 unspecified atom stereocenters. The molecular weight excluding hydrogens is 244 g/mol. The minimum atomic E-state index is -0.376. The zero-order valence-electron chi connectivity index (χ0n) is 11.3. The van der Waals surface area contributed by atoms with Crippen LogP contribution in [0.15, 0.2) is 30.3 Å². The van der Waals surface area contributed by atoms with Crippen molar-refractivity contribution >= 4 is 0 Å². The van der Waals surface area contributed by atoms with E-state index in [9.17, 15) is 8.78 Å². The van der Waals surface area contributed by atoms with Crippen molar-refractivity contribution in [2.75, 3.05) is 0 Å². The minimum absolute atomic E-state index is 0.202. The predicted molar refractivity (Wildman–Crippen MR) is 73.0 cm³/mol. The van der Waals surface area contributed by atoms with Gasteiger partial charge < -0.3 is 5.73 Å². The van der Waals surface area contributed by atoms with E-state index in [1.807, 2.05) is 6.92 Å². The number of hydrogen-bond donors (Lipinski definition) is 1. The number of rotatable bonds is 2. The molecule has 2 aromatic rings. The van der Waals surface area contributed by atoms with Gasteiger partial charge >= 0.3 is 0 Å². The first kappa shape index (κ1) is 13.7. The summed E-state index contributed by atoms with van der Waals surface area (Å²) in [7, 11) is 0. The van der Waals surface area contributed by atoms with Crippen LogP contribution in [0.25, 0.3) is 0 Å². The predicted octanol–water partition coefficient (Wildman–Crippen LogP) is 3.94. The van der Waals surface area contributed by atoms with E-state index < -0.39 is 0 Å². The van der Waals surface area contributed by atoms with Gasteiger partial charge in [0.2, 0.25) is 0 Å². The average molecular weight is 261 g/mol. The van der Waals surface area contributed by atoms with E-state index >= 15 is 0 Å². The molecule has 0 fully saturated rings. The zero-order chi connectivity index (χ0) is 14.2. The molecule has 2 rings (SSSR count). The van der Waals surface area contributed by atoms with Crippen LogP contribution in [0.2, 0.25) is 0 Å². The summed E-state index contributed by atoms with van der Waals surface area (Å²) in [5, 5.41) is 0. The van der Waals surface area contributed by atoms with Crippen LogP contribution in [0.5, 0.6) is 0 Å². The van der Waals surface area contributed by atoms with Crippen LogP contribution in [0.1, 0.15) is 33.9 Å². The first-order valence-electron chi connectivity index (χ1n) is 6.18. The van der Waals surface area contributed by atoms with Gasteiger partial charge in [-0.3, -0.25) is 0 Å². The van der Waals surface area contributed by atoms with Gasteiger partial charge in [-0.1, -0.05) is 18.2 Å². The number of halogens is 2. The SMILES string of the molecule is Cc1cc(F)ccc1C(N)c1cc(C)c(F)c(C)c1. The summed E-state index contributed by atoms with van der Waals surface area (Å²) in [6.07, 6.45) is 0. The highest BCUT2D eigenvalue weighted by Crippen LogP contribution is 2.26. The van der Waals surface area contributed by atoms with Crippen molar-refractivity contribution in [1.29, 1.82) is 0 Å².